The monoisotopic (exact) mass is 363 g/mol. The normalized spacial score (nSPS) is 11.4. The van der Waals surface area contributed by atoms with Crippen molar-refractivity contribution >= 4 is 40.2 Å². The van der Waals surface area contributed by atoms with Crippen LogP contribution in [-0.4, -0.2) is 17.6 Å². The zero-order valence-corrected chi connectivity index (χ0v) is 14.4. The molecule has 118 valence electrons. The number of hydrogen-bond acceptors (Lipinski definition) is 4. The van der Waals surface area contributed by atoms with Gasteiger partial charge < -0.3 is 10.4 Å². The Morgan fingerprint density at radius 1 is 1.09 bits per heavy atom. The number of carbonyl (C=O) groups is 1. The fourth-order valence-corrected chi connectivity index (χ4v) is 4.19. The maximum atomic E-state index is 12.3. The molecule has 0 unspecified atom stereocenters. The van der Waals surface area contributed by atoms with E-state index < -0.39 is 5.60 Å². The van der Waals surface area contributed by atoms with Crippen LogP contribution in [0.15, 0.2) is 59.3 Å². The molecule has 0 radical (unpaired) electrons. The molecule has 0 atom stereocenters. The Hall–Kier alpha value is -1.66. The summed E-state index contributed by atoms with van der Waals surface area (Å²) in [5, 5.41) is 18.3. The van der Waals surface area contributed by atoms with Crippen molar-refractivity contribution in [2.45, 2.75) is 5.60 Å². The average Bonchev–Trinajstić information content (AvgIpc) is 3.25. The van der Waals surface area contributed by atoms with E-state index >= 15 is 0 Å². The predicted molar refractivity (Wildman–Crippen MR) is 95.4 cm³/mol. The average molecular weight is 364 g/mol. The molecule has 0 saturated carbocycles. The van der Waals surface area contributed by atoms with Crippen molar-refractivity contribution in [3.8, 4) is 0 Å². The summed E-state index contributed by atoms with van der Waals surface area (Å²) in [7, 11) is 0. The van der Waals surface area contributed by atoms with Crippen molar-refractivity contribution in [1.29, 1.82) is 0 Å². The lowest BCUT2D eigenvalue weighted by molar-refractivity contribution is 0.0739. The van der Waals surface area contributed by atoms with Gasteiger partial charge >= 0.3 is 0 Å². The molecule has 0 fully saturated rings. The number of amides is 1. The first kappa shape index (κ1) is 16.2. The van der Waals surface area contributed by atoms with Crippen LogP contribution in [0.3, 0.4) is 0 Å². The van der Waals surface area contributed by atoms with Gasteiger partial charge in [0, 0.05) is 20.3 Å². The van der Waals surface area contributed by atoms with Gasteiger partial charge in [-0.1, -0.05) is 29.8 Å². The van der Waals surface area contributed by atoms with Crippen LogP contribution in [-0.2, 0) is 5.60 Å². The fraction of sp³-hybridized carbons (Fsp3) is 0.118. The van der Waals surface area contributed by atoms with Gasteiger partial charge in [-0.15, -0.1) is 22.7 Å². The van der Waals surface area contributed by atoms with Crippen LogP contribution in [0.2, 0.25) is 5.02 Å². The van der Waals surface area contributed by atoms with Crippen molar-refractivity contribution in [2.24, 2.45) is 0 Å². The lowest BCUT2D eigenvalue weighted by Crippen LogP contribution is -2.40. The Balaban J connectivity index is 1.82. The molecule has 1 aromatic carbocycles. The number of thiophene rings is 2. The van der Waals surface area contributed by atoms with Gasteiger partial charge in [0.25, 0.3) is 5.91 Å². The molecule has 0 spiro atoms. The number of carbonyl (C=O) groups excluding carboxylic acids is 1. The Morgan fingerprint density at radius 2 is 1.74 bits per heavy atom. The third-order valence-electron chi connectivity index (χ3n) is 3.45. The summed E-state index contributed by atoms with van der Waals surface area (Å²) in [5.74, 6) is -0.265. The van der Waals surface area contributed by atoms with Crippen LogP contribution in [0.5, 0.6) is 0 Å². The Kier molecular flexibility index (Phi) is 4.82. The second-order valence-corrected chi connectivity index (χ2v) is 7.34. The molecule has 0 aliphatic heterocycles. The van der Waals surface area contributed by atoms with E-state index in [1.807, 2.05) is 35.0 Å². The van der Waals surface area contributed by atoms with Crippen LogP contribution in [0.4, 0.5) is 0 Å². The molecule has 2 aromatic heterocycles. The standard InChI is InChI=1S/C17H14ClNO2S2/c18-13-5-1-4-12(10-13)16(20)19-11-17(21,14-6-2-8-22-14)15-7-3-9-23-15/h1-10,21H,11H2,(H,19,20). The van der Waals surface area contributed by atoms with E-state index in [0.29, 0.717) is 10.6 Å². The van der Waals surface area contributed by atoms with Crippen molar-refractivity contribution in [3.63, 3.8) is 0 Å². The van der Waals surface area contributed by atoms with E-state index in [2.05, 4.69) is 5.32 Å². The third kappa shape index (κ3) is 3.48. The van der Waals surface area contributed by atoms with Gasteiger partial charge in [0.15, 0.2) is 0 Å². The van der Waals surface area contributed by atoms with E-state index in [0.717, 1.165) is 9.75 Å². The quantitative estimate of drug-likeness (QED) is 0.716. The minimum absolute atomic E-state index is 0.0966. The predicted octanol–water partition coefficient (Wildman–Crippen LogP) is 4.13. The van der Waals surface area contributed by atoms with Gasteiger partial charge in [0.05, 0.1) is 6.54 Å². The van der Waals surface area contributed by atoms with Crippen molar-refractivity contribution in [3.05, 3.63) is 79.6 Å². The summed E-state index contributed by atoms with van der Waals surface area (Å²) in [5.41, 5.74) is -0.756. The van der Waals surface area contributed by atoms with Gasteiger partial charge in [0.1, 0.15) is 5.60 Å². The van der Waals surface area contributed by atoms with Crippen LogP contribution < -0.4 is 5.32 Å². The second kappa shape index (κ2) is 6.84. The summed E-state index contributed by atoms with van der Waals surface area (Å²) in [6.07, 6.45) is 0. The van der Waals surface area contributed by atoms with Crippen molar-refractivity contribution in [1.82, 2.24) is 5.32 Å². The molecular weight excluding hydrogens is 350 g/mol. The van der Waals surface area contributed by atoms with E-state index in [-0.39, 0.29) is 12.5 Å². The lowest BCUT2D eigenvalue weighted by atomic mass is 9.99. The molecule has 0 saturated heterocycles. The van der Waals surface area contributed by atoms with E-state index in [9.17, 15) is 9.90 Å². The summed E-state index contributed by atoms with van der Waals surface area (Å²) in [6.45, 7) is 0.0966. The topological polar surface area (TPSA) is 49.3 Å². The molecule has 6 heteroatoms. The van der Waals surface area contributed by atoms with Gasteiger partial charge in [-0.3, -0.25) is 4.79 Å². The summed E-state index contributed by atoms with van der Waals surface area (Å²) in [6, 6.07) is 14.2. The Bertz CT molecular complexity index is 751. The first-order chi connectivity index (χ1) is 11.1. The summed E-state index contributed by atoms with van der Waals surface area (Å²) < 4.78 is 0. The zero-order valence-electron chi connectivity index (χ0n) is 12.0. The smallest absolute Gasteiger partial charge is 0.251 e. The number of benzene rings is 1. The largest absolute Gasteiger partial charge is 0.377 e. The van der Waals surface area contributed by atoms with Gasteiger partial charge in [-0.25, -0.2) is 0 Å². The molecule has 2 heterocycles. The molecule has 2 N–H and O–H groups in total. The van der Waals surface area contributed by atoms with E-state index in [4.69, 9.17) is 11.6 Å². The number of hydrogen-bond donors (Lipinski definition) is 2. The maximum Gasteiger partial charge on any atom is 0.251 e. The van der Waals surface area contributed by atoms with Crippen LogP contribution in [0.25, 0.3) is 0 Å². The van der Waals surface area contributed by atoms with Gasteiger partial charge in [-0.05, 0) is 41.1 Å². The van der Waals surface area contributed by atoms with E-state index in [1.54, 1.807) is 24.3 Å². The molecule has 0 aliphatic rings. The van der Waals surface area contributed by atoms with Crippen molar-refractivity contribution in [2.75, 3.05) is 6.54 Å². The first-order valence-corrected chi connectivity index (χ1v) is 9.07. The van der Waals surface area contributed by atoms with Gasteiger partial charge in [-0.2, -0.15) is 0 Å². The highest BCUT2D eigenvalue weighted by Crippen LogP contribution is 2.35. The van der Waals surface area contributed by atoms with Crippen LogP contribution >= 0.6 is 34.3 Å². The van der Waals surface area contributed by atoms with E-state index in [1.165, 1.54) is 22.7 Å². The highest BCUT2D eigenvalue weighted by Gasteiger charge is 2.34. The van der Waals surface area contributed by atoms with Crippen LogP contribution in [0.1, 0.15) is 20.1 Å². The molecule has 3 aromatic rings. The minimum Gasteiger partial charge on any atom is -0.377 e. The molecule has 23 heavy (non-hydrogen) atoms. The fourth-order valence-electron chi connectivity index (χ4n) is 2.26. The van der Waals surface area contributed by atoms with Crippen molar-refractivity contribution < 1.29 is 9.90 Å². The highest BCUT2D eigenvalue weighted by atomic mass is 35.5. The molecular formula is C17H14ClNO2S2. The first-order valence-electron chi connectivity index (χ1n) is 6.94. The molecule has 0 aliphatic carbocycles. The molecule has 3 nitrogen and oxygen atoms in total. The molecule has 3 rings (SSSR count). The second-order valence-electron chi connectivity index (χ2n) is 5.01. The Labute approximate surface area is 147 Å². The lowest BCUT2D eigenvalue weighted by Gasteiger charge is -2.26. The number of halogens is 1. The molecule has 1 amide bonds. The summed E-state index contributed by atoms with van der Waals surface area (Å²) >= 11 is 8.84. The molecule has 0 bridgehead atoms. The maximum absolute atomic E-state index is 12.3. The van der Waals surface area contributed by atoms with Crippen LogP contribution in [0, 0.1) is 0 Å². The number of aliphatic hydroxyl groups is 1. The Morgan fingerprint density at radius 3 is 2.26 bits per heavy atom. The third-order valence-corrected chi connectivity index (χ3v) is 5.73. The number of nitrogens with one attached hydrogen (secondary N) is 1. The number of rotatable bonds is 5. The minimum atomic E-state index is -1.23. The SMILES string of the molecule is O=C(NCC(O)(c1cccs1)c1cccs1)c1cccc(Cl)c1. The van der Waals surface area contributed by atoms with Gasteiger partial charge in [0.2, 0.25) is 0 Å². The highest BCUT2D eigenvalue weighted by molar-refractivity contribution is 7.11. The zero-order chi connectivity index (χ0) is 16.3. The summed E-state index contributed by atoms with van der Waals surface area (Å²) in [4.78, 5) is 13.9.